The van der Waals surface area contributed by atoms with Gasteiger partial charge in [-0.3, -0.25) is 0 Å². The smallest absolute Gasteiger partial charge is 0.244 e. The van der Waals surface area contributed by atoms with Crippen LogP contribution in [0.15, 0.2) is 16.3 Å². The number of sulfonamides is 1. The molecule has 1 unspecified atom stereocenters. The molecule has 1 atom stereocenters. The van der Waals surface area contributed by atoms with E-state index in [2.05, 4.69) is 5.32 Å². The number of thiophene rings is 1. The average molecular weight is 288 g/mol. The summed E-state index contributed by atoms with van der Waals surface area (Å²) in [6.07, 6.45) is 1.93. The van der Waals surface area contributed by atoms with E-state index >= 15 is 0 Å². The van der Waals surface area contributed by atoms with E-state index in [1.807, 2.05) is 13.8 Å². The Bertz CT molecular complexity index is 496. The first-order chi connectivity index (χ1) is 8.55. The molecule has 1 N–H and O–H groups in total. The zero-order valence-electron chi connectivity index (χ0n) is 10.8. The van der Waals surface area contributed by atoms with Crippen LogP contribution in [0.2, 0.25) is 0 Å². The first kappa shape index (κ1) is 14.0. The minimum absolute atomic E-state index is 0.132. The summed E-state index contributed by atoms with van der Waals surface area (Å²) in [5.41, 5.74) is 0. The topological polar surface area (TPSA) is 49.4 Å². The van der Waals surface area contributed by atoms with E-state index in [-0.39, 0.29) is 6.04 Å². The Hall–Kier alpha value is -0.430. The van der Waals surface area contributed by atoms with Crippen LogP contribution < -0.4 is 5.32 Å². The molecule has 18 heavy (non-hydrogen) atoms. The van der Waals surface area contributed by atoms with Crippen LogP contribution in [0.4, 0.5) is 0 Å². The van der Waals surface area contributed by atoms with Gasteiger partial charge in [-0.1, -0.05) is 6.92 Å². The van der Waals surface area contributed by atoms with Gasteiger partial charge in [-0.15, -0.1) is 11.3 Å². The minimum Gasteiger partial charge on any atom is -0.312 e. The van der Waals surface area contributed by atoms with Gasteiger partial charge >= 0.3 is 0 Å². The molecule has 0 aromatic carbocycles. The van der Waals surface area contributed by atoms with E-state index in [0.29, 0.717) is 11.4 Å². The number of rotatable bonds is 5. The zero-order chi connectivity index (χ0) is 13.2. The molecule has 0 radical (unpaired) electrons. The summed E-state index contributed by atoms with van der Waals surface area (Å²) in [5, 5.41) is 4.97. The Labute approximate surface area is 113 Å². The molecule has 1 aromatic heterocycles. The second-order valence-corrected chi connectivity index (χ2v) is 7.52. The normalized spacial score (nSPS) is 21.6. The van der Waals surface area contributed by atoms with Gasteiger partial charge in [0.05, 0.1) is 4.90 Å². The standard InChI is InChI=1S/C12H20N2O2S2/c1-3-13-8-11-7-12(9-17-11)18(15,16)14-6-4-5-10(14)2/h7,9-10,13H,3-6,8H2,1-2H3. The second-order valence-electron chi connectivity index (χ2n) is 4.64. The minimum atomic E-state index is -3.28. The predicted octanol–water partition coefficient (Wildman–Crippen LogP) is 2.03. The predicted molar refractivity (Wildman–Crippen MR) is 74.3 cm³/mol. The summed E-state index contributed by atoms with van der Waals surface area (Å²) in [7, 11) is -3.28. The van der Waals surface area contributed by atoms with Crippen LogP contribution in [-0.2, 0) is 16.6 Å². The highest BCUT2D eigenvalue weighted by atomic mass is 32.2. The van der Waals surface area contributed by atoms with Crippen molar-refractivity contribution in [1.29, 1.82) is 0 Å². The summed E-state index contributed by atoms with van der Waals surface area (Å²) in [4.78, 5) is 1.52. The van der Waals surface area contributed by atoms with Gasteiger partial charge in [-0.05, 0) is 32.4 Å². The lowest BCUT2D eigenvalue weighted by atomic mass is 10.3. The first-order valence-electron chi connectivity index (χ1n) is 6.35. The lowest BCUT2D eigenvalue weighted by Gasteiger charge is -2.19. The highest BCUT2D eigenvalue weighted by molar-refractivity contribution is 7.89. The maximum atomic E-state index is 12.4. The van der Waals surface area contributed by atoms with E-state index < -0.39 is 10.0 Å². The summed E-state index contributed by atoms with van der Waals surface area (Å²) in [6.45, 7) is 6.31. The lowest BCUT2D eigenvalue weighted by Crippen LogP contribution is -2.33. The lowest BCUT2D eigenvalue weighted by molar-refractivity contribution is 0.408. The Kier molecular flexibility index (Phi) is 4.42. The molecular formula is C12H20N2O2S2. The molecule has 0 aliphatic carbocycles. The van der Waals surface area contributed by atoms with Gasteiger partial charge < -0.3 is 5.32 Å². The molecule has 0 bridgehead atoms. The fraction of sp³-hybridized carbons (Fsp3) is 0.667. The first-order valence-corrected chi connectivity index (χ1v) is 8.67. The Morgan fingerprint density at radius 1 is 1.56 bits per heavy atom. The van der Waals surface area contributed by atoms with E-state index in [1.165, 1.54) is 11.3 Å². The molecule has 2 rings (SSSR count). The SMILES string of the molecule is CCNCc1cc(S(=O)(=O)N2CCCC2C)cs1. The molecular weight excluding hydrogens is 268 g/mol. The molecule has 1 aromatic rings. The third kappa shape index (κ3) is 2.77. The van der Waals surface area contributed by atoms with Crippen LogP contribution in [-0.4, -0.2) is 31.9 Å². The number of hydrogen-bond donors (Lipinski definition) is 1. The Balaban J connectivity index is 2.17. The summed E-state index contributed by atoms with van der Waals surface area (Å²) >= 11 is 1.51. The van der Waals surface area contributed by atoms with E-state index in [9.17, 15) is 8.42 Å². The maximum absolute atomic E-state index is 12.4. The largest absolute Gasteiger partial charge is 0.312 e. The van der Waals surface area contributed by atoms with E-state index in [4.69, 9.17) is 0 Å². The number of nitrogens with one attached hydrogen (secondary N) is 1. The van der Waals surface area contributed by atoms with Gasteiger partial charge in [-0.2, -0.15) is 4.31 Å². The van der Waals surface area contributed by atoms with Crippen molar-refractivity contribution in [3.63, 3.8) is 0 Å². The monoisotopic (exact) mass is 288 g/mol. The van der Waals surface area contributed by atoms with Gasteiger partial charge in [0.25, 0.3) is 0 Å². The fourth-order valence-electron chi connectivity index (χ4n) is 2.24. The third-order valence-corrected chi connectivity index (χ3v) is 6.35. The molecule has 0 spiro atoms. The van der Waals surface area contributed by atoms with Gasteiger partial charge in [0.15, 0.2) is 0 Å². The van der Waals surface area contributed by atoms with Gasteiger partial charge in [-0.25, -0.2) is 8.42 Å². The number of nitrogens with zero attached hydrogens (tertiary/aromatic N) is 1. The Morgan fingerprint density at radius 3 is 2.94 bits per heavy atom. The fourth-order valence-corrected chi connectivity index (χ4v) is 5.17. The summed E-state index contributed by atoms with van der Waals surface area (Å²) < 4.78 is 26.5. The van der Waals surface area contributed by atoms with Crippen molar-refractivity contribution in [1.82, 2.24) is 9.62 Å². The van der Waals surface area contributed by atoms with Crippen LogP contribution >= 0.6 is 11.3 Å². The molecule has 1 aliphatic heterocycles. The molecule has 2 heterocycles. The zero-order valence-corrected chi connectivity index (χ0v) is 12.5. The van der Waals surface area contributed by atoms with Gasteiger partial charge in [0.2, 0.25) is 10.0 Å². The Morgan fingerprint density at radius 2 is 2.33 bits per heavy atom. The quantitative estimate of drug-likeness (QED) is 0.902. The molecule has 1 fully saturated rings. The maximum Gasteiger partial charge on any atom is 0.244 e. The van der Waals surface area contributed by atoms with Crippen LogP contribution in [0, 0.1) is 0 Å². The van der Waals surface area contributed by atoms with Crippen molar-refractivity contribution in [3.8, 4) is 0 Å². The van der Waals surface area contributed by atoms with Crippen molar-refractivity contribution in [2.24, 2.45) is 0 Å². The van der Waals surface area contributed by atoms with Gasteiger partial charge in [0, 0.05) is 29.4 Å². The van der Waals surface area contributed by atoms with Crippen molar-refractivity contribution >= 4 is 21.4 Å². The molecule has 1 saturated heterocycles. The molecule has 0 saturated carbocycles. The van der Waals surface area contributed by atoms with Crippen LogP contribution in [0.25, 0.3) is 0 Å². The van der Waals surface area contributed by atoms with Crippen LogP contribution in [0.3, 0.4) is 0 Å². The van der Waals surface area contributed by atoms with Crippen LogP contribution in [0.5, 0.6) is 0 Å². The summed E-state index contributed by atoms with van der Waals surface area (Å²) in [6, 6.07) is 1.93. The second kappa shape index (κ2) is 5.69. The number of hydrogen-bond acceptors (Lipinski definition) is 4. The van der Waals surface area contributed by atoms with Crippen molar-refractivity contribution in [3.05, 3.63) is 16.3 Å². The average Bonchev–Trinajstić information content (AvgIpc) is 2.95. The van der Waals surface area contributed by atoms with Crippen LogP contribution in [0.1, 0.15) is 31.6 Å². The highest BCUT2D eigenvalue weighted by Crippen LogP contribution is 2.28. The molecule has 6 heteroatoms. The van der Waals surface area contributed by atoms with E-state index in [1.54, 1.807) is 15.8 Å². The molecule has 4 nitrogen and oxygen atoms in total. The molecule has 102 valence electrons. The molecule has 1 aliphatic rings. The molecule has 0 amide bonds. The van der Waals surface area contributed by atoms with Crippen molar-refractivity contribution < 1.29 is 8.42 Å². The third-order valence-electron chi connectivity index (χ3n) is 3.28. The van der Waals surface area contributed by atoms with Gasteiger partial charge in [0.1, 0.15) is 0 Å². The van der Waals surface area contributed by atoms with Crippen molar-refractivity contribution in [2.75, 3.05) is 13.1 Å². The summed E-state index contributed by atoms with van der Waals surface area (Å²) in [5.74, 6) is 0. The van der Waals surface area contributed by atoms with Crippen molar-refractivity contribution in [2.45, 2.75) is 44.2 Å². The van der Waals surface area contributed by atoms with E-state index in [0.717, 1.165) is 30.8 Å². The highest BCUT2D eigenvalue weighted by Gasteiger charge is 2.33.